The van der Waals surface area contributed by atoms with Crippen molar-refractivity contribution < 1.29 is 4.74 Å². The van der Waals surface area contributed by atoms with Gasteiger partial charge >= 0.3 is 0 Å². The van der Waals surface area contributed by atoms with Crippen LogP contribution in [0, 0.1) is 0 Å². The van der Waals surface area contributed by atoms with E-state index < -0.39 is 0 Å². The predicted molar refractivity (Wildman–Crippen MR) is 84.3 cm³/mol. The maximum Gasteiger partial charge on any atom is 0.0587 e. The lowest BCUT2D eigenvalue weighted by molar-refractivity contribution is 0.199. The minimum absolute atomic E-state index is 0.718. The molecular weight excluding hydrogens is 280 g/mol. The molecule has 0 saturated heterocycles. The quantitative estimate of drug-likeness (QED) is 0.560. The molecule has 1 aromatic rings. The molecule has 0 fully saturated rings. The second-order valence-corrected chi connectivity index (χ2v) is 6.15. The second-order valence-electron chi connectivity index (χ2n) is 4.57. The van der Waals surface area contributed by atoms with Gasteiger partial charge in [-0.3, -0.25) is 0 Å². The van der Waals surface area contributed by atoms with Gasteiger partial charge in [0.15, 0.2) is 0 Å². The van der Waals surface area contributed by atoms with Crippen molar-refractivity contribution in [3.8, 4) is 0 Å². The average molecular weight is 303 g/mol. The average Bonchev–Trinajstić information content (AvgIpc) is 2.36. The van der Waals surface area contributed by atoms with Crippen molar-refractivity contribution in [3.05, 3.63) is 28.8 Å². The molecule has 0 heterocycles. The lowest BCUT2D eigenvalue weighted by Gasteiger charge is -2.10. The third kappa shape index (κ3) is 7.18. The first-order valence-corrected chi connectivity index (χ1v) is 7.75. The van der Waals surface area contributed by atoms with Crippen LogP contribution in [0.4, 0.5) is 0 Å². The molecule has 0 aliphatic heterocycles. The highest BCUT2D eigenvalue weighted by molar-refractivity contribution is 7.99. The lowest BCUT2D eigenvalue weighted by Crippen LogP contribution is -2.18. The number of nitrogens with zero attached hydrogens (tertiary/aromatic N) is 1. The minimum Gasteiger partial charge on any atom is -0.383 e. The monoisotopic (exact) mass is 302 g/mol. The van der Waals surface area contributed by atoms with Crippen LogP contribution in [0.15, 0.2) is 23.1 Å². The summed E-state index contributed by atoms with van der Waals surface area (Å²) in [5.41, 5.74) is 1.13. The highest BCUT2D eigenvalue weighted by Crippen LogP contribution is 2.24. The van der Waals surface area contributed by atoms with Crippen molar-refractivity contribution in [3.63, 3.8) is 0 Å². The molecule has 0 saturated carbocycles. The Balaban J connectivity index is 2.40. The summed E-state index contributed by atoms with van der Waals surface area (Å²) in [7, 11) is 5.87. The lowest BCUT2D eigenvalue weighted by atomic mass is 10.2. The highest BCUT2D eigenvalue weighted by atomic mass is 35.5. The molecule has 5 heteroatoms. The maximum atomic E-state index is 6.29. The molecule has 0 amide bonds. The van der Waals surface area contributed by atoms with Gasteiger partial charge in [0.25, 0.3) is 0 Å². The molecule has 0 atom stereocenters. The third-order valence-electron chi connectivity index (χ3n) is 2.63. The summed E-state index contributed by atoms with van der Waals surface area (Å²) < 4.78 is 4.99. The fraction of sp³-hybridized carbons (Fsp3) is 0.571. The van der Waals surface area contributed by atoms with E-state index in [9.17, 15) is 0 Å². The molecule has 0 unspecified atom stereocenters. The van der Waals surface area contributed by atoms with E-state index in [0.29, 0.717) is 0 Å². The van der Waals surface area contributed by atoms with Gasteiger partial charge in [-0.2, -0.15) is 0 Å². The topological polar surface area (TPSA) is 24.5 Å². The van der Waals surface area contributed by atoms with E-state index in [4.69, 9.17) is 16.3 Å². The Morgan fingerprint density at radius 3 is 2.79 bits per heavy atom. The number of halogens is 1. The van der Waals surface area contributed by atoms with Gasteiger partial charge in [0.2, 0.25) is 0 Å². The van der Waals surface area contributed by atoms with Crippen LogP contribution in [0.5, 0.6) is 0 Å². The fourth-order valence-corrected chi connectivity index (χ4v) is 2.87. The Morgan fingerprint density at radius 2 is 2.16 bits per heavy atom. The van der Waals surface area contributed by atoms with Crippen molar-refractivity contribution in [1.29, 1.82) is 0 Å². The van der Waals surface area contributed by atoms with Crippen molar-refractivity contribution in [2.24, 2.45) is 0 Å². The summed E-state index contributed by atoms with van der Waals surface area (Å²) in [5.74, 6) is 1.08. The van der Waals surface area contributed by atoms with Crippen molar-refractivity contribution >= 4 is 23.4 Å². The molecule has 1 aromatic carbocycles. The van der Waals surface area contributed by atoms with Crippen molar-refractivity contribution in [2.75, 3.05) is 46.7 Å². The number of hydrogen-bond donors (Lipinski definition) is 1. The summed E-state index contributed by atoms with van der Waals surface area (Å²) in [6.07, 6.45) is 0. The van der Waals surface area contributed by atoms with Crippen LogP contribution >= 0.6 is 23.4 Å². The summed E-state index contributed by atoms with van der Waals surface area (Å²) in [4.78, 5) is 3.41. The van der Waals surface area contributed by atoms with Gasteiger partial charge in [0.05, 0.1) is 6.61 Å². The summed E-state index contributed by atoms with van der Waals surface area (Å²) in [6.45, 7) is 3.41. The number of hydrogen-bond acceptors (Lipinski definition) is 4. The zero-order chi connectivity index (χ0) is 14.1. The molecule has 0 aliphatic rings. The smallest absolute Gasteiger partial charge is 0.0587 e. The standard InChI is InChI=1S/C14H23ClN2OS/c1-17(2)7-9-19-13-5-4-12(14(15)10-13)11-16-6-8-18-3/h4-5,10,16H,6-9,11H2,1-3H3. The van der Waals surface area contributed by atoms with Crippen LogP contribution in [-0.4, -0.2) is 51.6 Å². The SMILES string of the molecule is COCCNCc1ccc(SCCN(C)C)cc1Cl. The number of thioether (sulfide) groups is 1. The molecule has 1 rings (SSSR count). The first-order chi connectivity index (χ1) is 9.13. The van der Waals surface area contributed by atoms with E-state index >= 15 is 0 Å². The Labute approximate surface area is 125 Å². The molecule has 0 aromatic heterocycles. The van der Waals surface area contributed by atoms with Gasteiger partial charge in [0.1, 0.15) is 0 Å². The van der Waals surface area contributed by atoms with E-state index in [0.717, 1.165) is 42.6 Å². The molecular formula is C14H23ClN2OS. The zero-order valence-corrected chi connectivity index (χ0v) is 13.5. The van der Waals surface area contributed by atoms with E-state index in [1.54, 1.807) is 7.11 Å². The Kier molecular flexibility index (Phi) is 8.50. The van der Waals surface area contributed by atoms with E-state index in [1.165, 1.54) is 4.90 Å². The number of methoxy groups -OCH3 is 1. The Bertz CT molecular complexity index is 374. The largest absolute Gasteiger partial charge is 0.383 e. The summed E-state index contributed by atoms with van der Waals surface area (Å²) in [5, 5.41) is 4.13. The number of ether oxygens (including phenoxy) is 1. The van der Waals surface area contributed by atoms with Crippen LogP contribution < -0.4 is 5.32 Å². The summed E-state index contributed by atoms with van der Waals surface area (Å²) >= 11 is 8.13. The van der Waals surface area contributed by atoms with Crippen LogP contribution in [0.1, 0.15) is 5.56 Å². The first kappa shape index (κ1) is 16.8. The van der Waals surface area contributed by atoms with Crippen LogP contribution in [0.25, 0.3) is 0 Å². The van der Waals surface area contributed by atoms with Gasteiger partial charge < -0.3 is 15.0 Å². The first-order valence-electron chi connectivity index (χ1n) is 6.39. The molecule has 0 aliphatic carbocycles. The molecule has 0 radical (unpaired) electrons. The van der Waals surface area contributed by atoms with Crippen LogP contribution in [0.3, 0.4) is 0 Å². The molecule has 1 N–H and O–H groups in total. The second kappa shape index (κ2) is 9.61. The zero-order valence-electron chi connectivity index (χ0n) is 11.9. The molecule has 108 valence electrons. The molecule has 19 heavy (non-hydrogen) atoms. The molecule has 0 bridgehead atoms. The number of rotatable bonds is 9. The van der Waals surface area contributed by atoms with Gasteiger partial charge in [-0.15, -0.1) is 11.8 Å². The maximum absolute atomic E-state index is 6.29. The Morgan fingerprint density at radius 1 is 1.37 bits per heavy atom. The van der Waals surface area contributed by atoms with Crippen molar-refractivity contribution in [1.82, 2.24) is 10.2 Å². The van der Waals surface area contributed by atoms with E-state index in [-0.39, 0.29) is 0 Å². The van der Waals surface area contributed by atoms with Gasteiger partial charge in [-0.05, 0) is 31.8 Å². The molecule has 0 spiro atoms. The third-order valence-corrected chi connectivity index (χ3v) is 3.96. The van der Waals surface area contributed by atoms with Crippen LogP contribution in [-0.2, 0) is 11.3 Å². The number of nitrogens with one attached hydrogen (secondary N) is 1. The van der Waals surface area contributed by atoms with Crippen LogP contribution in [0.2, 0.25) is 5.02 Å². The van der Waals surface area contributed by atoms with Gasteiger partial charge in [-0.1, -0.05) is 17.7 Å². The normalized spacial score (nSPS) is 11.2. The molecule has 3 nitrogen and oxygen atoms in total. The number of benzene rings is 1. The highest BCUT2D eigenvalue weighted by Gasteiger charge is 2.02. The van der Waals surface area contributed by atoms with E-state index in [2.05, 4.69) is 42.5 Å². The van der Waals surface area contributed by atoms with Gasteiger partial charge in [-0.25, -0.2) is 0 Å². The van der Waals surface area contributed by atoms with Crippen molar-refractivity contribution in [2.45, 2.75) is 11.4 Å². The van der Waals surface area contributed by atoms with E-state index in [1.807, 2.05) is 11.8 Å². The minimum atomic E-state index is 0.718. The van der Waals surface area contributed by atoms with Gasteiger partial charge in [0, 0.05) is 42.4 Å². The predicted octanol–water partition coefficient (Wildman–Crippen LogP) is 2.73. The summed E-state index contributed by atoms with van der Waals surface area (Å²) in [6, 6.07) is 6.29. The fourth-order valence-electron chi connectivity index (χ4n) is 1.50. The Hall–Kier alpha value is -0.260.